The third-order valence-corrected chi connectivity index (χ3v) is 1.56. The van der Waals surface area contributed by atoms with E-state index in [9.17, 15) is 0 Å². The van der Waals surface area contributed by atoms with Gasteiger partial charge in [-0.05, 0) is 6.92 Å². The lowest BCUT2D eigenvalue weighted by atomic mass is 10.4. The second kappa shape index (κ2) is 3.29. The van der Waals surface area contributed by atoms with Crippen molar-refractivity contribution in [1.29, 1.82) is 0 Å². The van der Waals surface area contributed by atoms with Crippen LogP contribution in [0.5, 0.6) is 0 Å². The molecule has 1 heterocycles. The number of halogens is 1. The van der Waals surface area contributed by atoms with E-state index in [1.165, 1.54) is 0 Å². The molecule has 0 saturated heterocycles. The van der Waals surface area contributed by atoms with Crippen LogP contribution in [0.2, 0.25) is 0 Å². The number of hydrogen-bond acceptors (Lipinski definition) is 4. The van der Waals surface area contributed by atoms with Gasteiger partial charge < -0.3 is 9.26 Å². The maximum absolute atomic E-state index is 4.95. The minimum Gasteiger partial charge on any atom is -0.372 e. The van der Waals surface area contributed by atoms with E-state index >= 15 is 0 Å². The van der Waals surface area contributed by atoms with Crippen molar-refractivity contribution in [2.24, 2.45) is 0 Å². The normalized spacial score (nSPS) is 13.5. The maximum atomic E-state index is 4.95. The highest BCUT2D eigenvalue weighted by Gasteiger charge is 2.10. The lowest BCUT2D eigenvalue weighted by Crippen LogP contribution is -1.95. The van der Waals surface area contributed by atoms with Crippen LogP contribution in [0, 0.1) is 3.83 Å². The summed E-state index contributed by atoms with van der Waals surface area (Å²) in [5, 5.41) is 3.61. The molecule has 0 fully saturated rings. The standard InChI is InChI=1S/C5H7IN2O2/c1-3(9-2)4-7-5(6)8-10-4/h3H,1-2H3. The molecule has 0 aliphatic heterocycles. The third-order valence-electron chi connectivity index (χ3n) is 1.12. The van der Waals surface area contributed by atoms with Crippen molar-refractivity contribution >= 4 is 22.6 Å². The van der Waals surface area contributed by atoms with Crippen molar-refractivity contribution in [2.45, 2.75) is 13.0 Å². The SMILES string of the molecule is COC(C)c1nc(I)no1. The molecule has 5 heteroatoms. The van der Waals surface area contributed by atoms with E-state index in [2.05, 4.69) is 10.1 Å². The van der Waals surface area contributed by atoms with Gasteiger partial charge in [-0.2, -0.15) is 4.98 Å². The second-order valence-corrected chi connectivity index (χ2v) is 2.74. The van der Waals surface area contributed by atoms with Crippen LogP contribution >= 0.6 is 22.6 Å². The van der Waals surface area contributed by atoms with E-state index in [0.29, 0.717) is 9.72 Å². The number of ether oxygens (including phenoxy) is 1. The predicted octanol–water partition coefficient (Wildman–Crippen LogP) is 1.38. The first-order chi connectivity index (χ1) is 4.74. The van der Waals surface area contributed by atoms with Gasteiger partial charge >= 0.3 is 0 Å². The summed E-state index contributed by atoms with van der Waals surface area (Å²) in [4.78, 5) is 3.97. The van der Waals surface area contributed by atoms with E-state index in [-0.39, 0.29) is 6.10 Å². The molecule has 0 N–H and O–H groups in total. The molecule has 1 aromatic rings. The molecule has 0 aliphatic carbocycles. The molecule has 1 rings (SSSR count). The van der Waals surface area contributed by atoms with E-state index in [1.807, 2.05) is 29.5 Å². The lowest BCUT2D eigenvalue weighted by Gasteiger charge is -2.00. The van der Waals surface area contributed by atoms with E-state index < -0.39 is 0 Å². The zero-order valence-electron chi connectivity index (χ0n) is 5.67. The first-order valence-corrected chi connectivity index (χ1v) is 3.84. The van der Waals surface area contributed by atoms with E-state index in [4.69, 9.17) is 9.26 Å². The number of aromatic nitrogens is 2. The van der Waals surface area contributed by atoms with Gasteiger partial charge in [0.1, 0.15) is 6.10 Å². The summed E-state index contributed by atoms with van der Waals surface area (Å²) in [7, 11) is 1.60. The molecule has 0 spiro atoms. The minimum atomic E-state index is -0.115. The van der Waals surface area contributed by atoms with Crippen molar-refractivity contribution in [1.82, 2.24) is 10.1 Å². The van der Waals surface area contributed by atoms with Crippen LogP contribution in [0.15, 0.2) is 4.52 Å². The van der Waals surface area contributed by atoms with Crippen molar-refractivity contribution in [2.75, 3.05) is 7.11 Å². The molecule has 0 aromatic carbocycles. The van der Waals surface area contributed by atoms with Crippen molar-refractivity contribution in [3.8, 4) is 0 Å². The Kier molecular flexibility index (Phi) is 2.61. The van der Waals surface area contributed by atoms with Crippen LogP contribution in [0.4, 0.5) is 0 Å². The molecule has 0 bridgehead atoms. The van der Waals surface area contributed by atoms with Crippen molar-refractivity contribution < 1.29 is 9.26 Å². The van der Waals surface area contributed by atoms with Crippen LogP contribution in [0.3, 0.4) is 0 Å². The molecule has 0 radical (unpaired) electrons. The summed E-state index contributed by atoms with van der Waals surface area (Å²) in [6.07, 6.45) is -0.115. The fourth-order valence-electron chi connectivity index (χ4n) is 0.482. The Balaban J connectivity index is 2.74. The van der Waals surface area contributed by atoms with Crippen LogP contribution in [-0.4, -0.2) is 17.3 Å². The largest absolute Gasteiger partial charge is 0.372 e. The van der Waals surface area contributed by atoms with Gasteiger partial charge in [-0.25, -0.2) is 0 Å². The first kappa shape index (κ1) is 7.93. The van der Waals surface area contributed by atoms with Gasteiger partial charge in [-0.1, -0.05) is 5.16 Å². The zero-order chi connectivity index (χ0) is 7.56. The Labute approximate surface area is 72.1 Å². The van der Waals surface area contributed by atoms with Crippen LogP contribution in [-0.2, 0) is 4.74 Å². The molecule has 1 atom stereocenters. The second-order valence-electron chi connectivity index (χ2n) is 1.78. The molecule has 56 valence electrons. The van der Waals surface area contributed by atoms with Crippen LogP contribution in [0.25, 0.3) is 0 Å². The Morgan fingerprint density at radius 1 is 1.70 bits per heavy atom. The highest BCUT2D eigenvalue weighted by molar-refractivity contribution is 14.1. The molecule has 0 amide bonds. The van der Waals surface area contributed by atoms with Crippen LogP contribution < -0.4 is 0 Å². The highest BCUT2D eigenvalue weighted by atomic mass is 127. The van der Waals surface area contributed by atoms with Crippen molar-refractivity contribution in [3.05, 3.63) is 9.72 Å². The molecule has 1 aromatic heterocycles. The molecule has 10 heavy (non-hydrogen) atoms. The average Bonchev–Trinajstić information content (AvgIpc) is 2.34. The Bertz CT molecular complexity index is 213. The topological polar surface area (TPSA) is 48.2 Å². The van der Waals surface area contributed by atoms with Gasteiger partial charge in [-0.3, -0.25) is 0 Å². The average molecular weight is 254 g/mol. The van der Waals surface area contributed by atoms with Gasteiger partial charge in [0, 0.05) is 29.7 Å². The number of nitrogens with zero attached hydrogens (tertiary/aromatic N) is 2. The summed E-state index contributed by atoms with van der Waals surface area (Å²) < 4.78 is 10.4. The monoisotopic (exact) mass is 254 g/mol. The smallest absolute Gasteiger partial charge is 0.256 e. The van der Waals surface area contributed by atoms with Gasteiger partial charge in [0.05, 0.1) is 0 Å². The zero-order valence-corrected chi connectivity index (χ0v) is 7.82. The van der Waals surface area contributed by atoms with Gasteiger partial charge in [-0.15, -0.1) is 0 Å². The molecule has 4 nitrogen and oxygen atoms in total. The quantitative estimate of drug-likeness (QED) is 0.748. The minimum absolute atomic E-state index is 0.115. The van der Waals surface area contributed by atoms with Crippen LogP contribution in [0.1, 0.15) is 18.9 Å². The molecular formula is C5H7IN2O2. The number of hydrogen-bond donors (Lipinski definition) is 0. The molecular weight excluding hydrogens is 247 g/mol. The summed E-state index contributed by atoms with van der Waals surface area (Å²) in [6.45, 7) is 1.85. The maximum Gasteiger partial charge on any atom is 0.256 e. The Morgan fingerprint density at radius 2 is 2.40 bits per heavy atom. The Hall–Kier alpha value is -0.170. The predicted molar refractivity (Wildman–Crippen MR) is 42.4 cm³/mol. The summed E-state index contributed by atoms with van der Waals surface area (Å²) in [6, 6.07) is 0. The first-order valence-electron chi connectivity index (χ1n) is 2.76. The summed E-state index contributed by atoms with van der Waals surface area (Å²) in [5.74, 6) is 0.520. The van der Waals surface area contributed by atoms with Gasteiger partial charge in [0.25, 0.3) is 5.89 Å². The molecule has 0 saturated carbocycles. The third kappa shape index (κ3) is 1.66. The molecule has 0 aliphatic rings. The Morgan fingerprint density at radius 3 is 2.80 bits per heavy atom. The number of rotatable bonds is 2. The lowest BCUT2D eigenvalue weighted by molar-refractivity contribution is 0.0886. The fraction of sp³-hybridized carbons (Fsp3) is 0.600. The fourth-order valence-corrected chi connectivity index (χ4v) is 0.818. The van der Waals surface area contributed by atoms with E-state index in [0.717, 1.165) is 0 Å². The van der Waals surface area contributed by atoms with Gasteiger partial charge in [0.15, 0.2) is 0 Å². The van der Waals surface area contributed by atoms with Crippen molar-refractivity contribution in [3.63, 3.8) is 0 Å². The summed E-state index contributed by atoms with van der Waals surface area (Å²) >= 11 is 1.98. The van der Waals surface area contributed by atoms with E-state index in [1.54, 1.807) is 7.11 Å². The summed E-state index contributed by atoms with van der Waals surface area (Å²) in [5.41, 5.74) is 0. The highest BCUT2D eigenvalue weighted by Crippen LogP contribution is 2.12. The molecule has 1 unspecified atom stereocenters. The number of methoxy groups -OCH3 is 1. The van der Waals surface area contributed by atoms with Gasteiger partial charge in [0.2, 0.25) is 3.83 Å².